The predicted octanol–water partition coefficient (Wildman–Crippen LogP) is 11.3. The van der Waals surface area contributed by atoms with Crippen LogP contribution in [0.2, 0.25) is 0 Å². The number of unbranched alkanes of at least 4 members (excludes halogenated alkanes) is 22. The van der Waals surface area contributed by atoms with Gasteiger partial charge in [0.05, 0.1) is 11.8 Å². The number of carboxylic acids is 4. The molecule has 0 spiro atoms. The third-order valence-electron chi connectivity index (χ3n) is 8.92. The smallest absolute Gasteiger partial charge is 0.306 e. The summed E-state index contributed by atoms with van der Waals surface area (Å²) in [6, 6.07) is 0. The molecule has 0 bridgehead atoms. The van der Waals surface area contributed by atoms with Gasteiger partial charge >= 0.3 is 23.9 Å². The molecule has 0 saturated heterocycles. The Morgan fingerprint density at radius 2 is 0.565 bits per heavy atom. The second-order valence-electron chi connectivity index (χ2n) is 13.3. The maximum absolute atomic E-state index is 11.1. The van der Waals surface area contributed by atoms with E-state index in [1.807, 2.05) is 0 Å². The molecule has 8 nitrogen and oxygen atoms in total. The minimum atomic E-state index is -0.913. The van der Waals surface area contributed by atoms with Gasteiger partial charge in [-0.25, -0.2) is 0 Å². The van der Waals surface area contributed by atoms with Gasteiger partial charge in [0, 0.05) is 12.8 Å². The Balaban J connectivity index is 0. The lowest BCUT2D eigenvalue weighted by molar-refractivity contribution is -0.145. The van der Waals surface area contributed by atoms with Crippen molar-refractivity contribution in [2.45, 2.75) is 206 Å². The van der Waals surface area contributed by atoms with E-state index in [0.717, 1.165) is 25.7 Å². The highest BCUT2D eigenvalue weighted by molar-refractivity contribution is 5.72. The first kappa shape index (κ1) is 46.0. The lowest BCUT2D eigenvalue weighted by Crippen LogP contribution is -2.15. The van der Waals surface area contributed by atoms with E-state index in [0.29, 0.717) is 12.8 Å². The molecule has 0 amide bonds. The van der Waals surface area contributed by atoms with Gasteiger partial charge < -0.3 is 20.4 Å². The van der Waals surface area contributed by atoms with Crippen LogP contribution in [0.25, 0.3) is 0 Å². The Hall–Kier alpha value is -2.12. The zero-order valence-electron chi connectivity index (χ0n) is 29.8. The van der Waals surface area contributed by atoms with Gasteiger partial charge in [0.25, 0.3) is 0 Å². The van der Waals surface area contributed by atoms with Gasteiger partial charge in [-0.1, -0.05) is 168 Å². The summed E-state index contributed by atoms with van der Waals surface area (Å²) in [6.45, 7) is 4.48. The monoisotopic (exact) mass is 657 g/mol. The van der Waals surface area contributed by atoms with Crippen LogP contribution >= 0.6 is 0 Å². The molecule has 2 atom stereocenters. The van der Waals surface area contributed by atoms with Gasteiger partial charge in [-0.2, -0.15) is 0 Å². The average Bonchev–Trinajstić information content (AvgIpc) is 3.00. The molecule has 0 radical (unpaired) electrons. The summed E-state index contributed by atoms with van der Waals surface area (Å²) in [5.74, 6) is -4.51. The number of carboxylic acid groups (broad SMARTS) is 4. The highest BCUT2D eigenvalue weighted by Crippen LogP contribution is 2.19. The van der Waals surface area contributed by atoms with E-state index in [-0.39, 0.29) is 25.7 Å². The summed E-state index contributed by atoms with van der Waals surface area (Å²) >= 11 is 0. The molecule has 0 aliphatic heterocycles. The predicted molar refractivity (Wildman–Crippen MR) is 187 cm³/mol. The third-order valence-corrected chi connectivity index (χ3v) is 8.92. The molecular formula is C38H72O8. The van der Waals surface area contributed by atoms with Gasteiger partial charge in [0.1, 0.15) is 0 Å². The van der Waals surface area contributed by atoms with E-state index < -0.39 is 35.7 Å². The lowest BCUT2D eigenvalue weighted by Gasteiger charge is -2.10. The van der Waals surface area contributed by atoms with Crippen LogP contribution in [-0.4, -0.2) is 44.3 Å². The highest BCUT2D eigenvalue weighted by Gasteiger charge is 2.19. The van der Waals surface area contributed by atoms with Crippen LogP contribution in [0.1, 0.15) is 206 Å². The van der Waals surface area contributed by atoms with E-state index in [1.54, 1.807) is 0 Å². The maximum Gasteiger partial charge on any atom is 0.306 e. The van der Waals surface area contributed by atoms with Crippen molar-refractivity contribution in [3.05, 3.63) is 0 Å². The summed E-state index contributed by atoms with van der Waals surface area (Å²) in [5, 5.41) is 35.4. The van der Waals surface area contributed by atoms with Crippen LogP contribution in [0.4, 0.5) is 0 Å². The van der Waals surface area contributed by atoms with Crippen molar-refractivity contribution in [3.63, 3.8) is 0 Å². The Morgan fingerprint density at radius 3 is 0.761 bits per heavy atom. The molecule has 0 aliphatic carbocycles. The maximum atomic E-state index is 11.1. The van der Waals surface area contributed by atoms with Crippen molar-refractivity contribution in [3.8, 4) is 0 Å². The lowest BCUT2D eigenvalue weighted by atomic mass is 9.95. The van der Waals surface area contributed by atoms with Crippen LogP contribution in [-0.2, 0) is 19.2 Å². The molecule has 0 aliphatic rings. The molecule has 46 heavy (non-hydrogen) atoms. The normalized spacial score (nSPS) is 12.2. The SMILES string of the molecule is CCCCCCCCCCCCC(CCC(=O)O)C(=O)O.CCCCCCCCCCCCCCCCC(CCC(=O)O)C(=O)O. The van der Waals surface area contributed by atoms with Gasteiger partial charge in [0.2, 0.25) is 0 Å². The Kier molecular flexibility index (Phi) is 35.7. The molecule has 0 heterocycles. The number of rotatable bonds is 34. The summed E-state index contributed by atoms with van der Waals surface area (Å²) < 4.78 is 0. The zero-order chi connectivity index (χ0) is 34.7. The first-order valence-corrected chi connectivity index (χ1v) is 19.0. The van der Waals surface area contributed by atoms with Crippen molar-refractivity contribution in [1.29, 1.82) is 0 Å². The molecule has 0 aromatic carbocycles. The fourth-order valence-corrected chi connectivity index (χ4v) is 5.84. The summed E-state index contributed by atoms with van der Waals surface area (Å²) in [5.41, 5.74) is 0. The fraction of sp³-hybridized carbons (Fsp3) is 0.895. The van der Waals surface area contributed by atoms with Gasteiger partial charge in [-0.05, 0) is 25.7 Å². The topological polar surface area (TPSA) is 149 Å². The highest BCUT2D eigenvalue weighted by atomic mass is 16.4. The third kappa shape index (κ3) is 36.3. The first-order chi connectivity index (χ1) is 22.1. The van der Waals surface area contributed by atoms with E-state index in [1.165, 1.54) is 128 Å². The first-order valence-electron chi connectivity index (χ1n) is 19.0. The number of hydrogen-bond acceptors (Lipinski definition) is 4. The largest absolute Gasteiger partial charge is 0.481 e. The van der Waals surface area contributed by atoms with Crippen LogP contribution in [0.5, 0.6) is 0 Å². The minimum absolute atomic E-state index is 0.0461. The van der Waals surface area contributed by atoms with Crippen molar-refractivity contribution >= 4 is 23.9 Å². The Labute approximate surface area is 281 Å². The standard InChI is InChI=1S/C21H40O4.C17H32O4/c1-2-3-4-5-6-7-8-9-10-11-12-13-14-15-16-19(21(24)25)17-18-20(22)23;1-2-3-4-5-6-7-8-9-10-11-12-15(17(20)21)13-14-16(18)19/h19H,2-18H2,1H3,(H,22,23)(H,24,25);15H,2-14H2,1H3,(H,18,19)(H,20,21). The molecule has 8 heteroatoms. The van der Waals surface area contributed by atoms with Crippen LogP contribution in [0.15, 0.2) is 0 Å². The molecule has 0 saturated carbocycles. The molecule has 0 rings (SSSR count). The van der Waals surface area contributed by atoms with E-state index in [4.69, 9.17) is 20.4 Å². The van der Waals surface area contributed by atoms with Gasteiger partial charge in [-0.15, -0.1) is 0 Å². The molecule has 0 fully saturated rings. The average molecular weight is 657 g/mol. The summed E-state index contributed by atoms with van der Waals surface area (Å²) in [7, 11) is 0. The summed E-state index contributed by atoms with van der Waals surface area (Å²) in [6.07, 6.45) is 31.9. The number of carbonyl (C=O) groups is 4. The fourth-order valence-electron chi connectivity index (χ4n) is 5.84. The van der Waals surface area contributed by atoms with Crippen LogP contribution in [0, 0.1) is 11.8 Å². The van der Waals surface area contributed by atoms with Gasteiger partial charge in [-0.3, -0.25) is 19.2 Å². The van der Waals surface area contributed by atoms with Crippen molar-refractivity contribution in [2.75, 3.05) is 0 Å². The van der Waals surface area contributed by atoms with Crippen molar-refractivity contribution in [2.24, 2.45) is 11.8 Å². The quantitative estimate of drug-likeness (QED) is 0.0500. The Morgan fingerprint density at radius 1 is 0.348 bits per heavy atom. The second kappa shape index (κ2) is 35.7. The number of hydrogen-bond donors (Lipinski definition) is 4. The van der Waals surface area contributed by atoms with Crippen molar-refractivity contribution in [1.82, 2.24) is 0 Å². The van der Waals surface area contributed by atoms with Crippen LogP contribution in [0.3, 0.4) is 0 Å². The molecule has 0 aromatic heterocycles. The minimum Gasteiger partial charge on any atom is -0.481 e. The van der Waals surface area contributed by atoms with E-state index in [2.05, 4.69) is 13.8 Å². The molecule has 272 valence electrons. The molecule has 0 aromatic rings. The second-order valence-corrected chi connectivity index (χ2v) is 13.3. The van der Waals surface area contributed by atoms with Crippen molar-refractivity contribution < 1.29 is 39.6 Å². The molecule has 4 N–H and O–H groups in total. The molecule has 2 unspecified atom stereocenters. The Bertz CT molecular complexity index is 723. The van der Waals surface area contributed by atoms with E-state index >= 15 is 0 Å². The van der Waals surface area contributed by atoms with Crippen LogP contribution < -0.4 is 0 Å². The van der Waals surface area contributed by atoms with E-state index in [9.17, 15) is 19.2 Å². The zero-order valence-corrected chi connectivity index (χ0v) is 29.8. The van der Waals surface area contributed by atoms with Gasteiger partial charge in [0.15, 0.2) is 0 Å². The summed E-state index contributed by atoms with van der Waals surface area (Å²) in [4.78, 5) is 43.1. The molecular weight excluding hydrogens is 584 g/mol. The number of aliphatic carboxylic acids is 4.